The van der Waals surface area contributed by atoms with Crippen molar-refractivity contribution in [1.82, 2.24) is 10.6 Å². The third-order valence-electron chi connectivity index (χ3n) is 3.32. The standard InChI is InChI=1S/C16H28N2O/c1-12(2)18-9-8-17-7-6-15-10-13(3)14(4)11-16(15)19-5/h10-12,17-18H,6-9H2,1-5H3. The molecule has 1 aromatic rings. The number of methoxy groups -OCH3 is 1. The van der Waals surface area contributed by atoms with Crippen LogP contribution >= 0.6 is 0 Å². The van der Waals surface area contributed by atoms with E-state index in [1.165, 1.54) is 16.7 Å². The summed E-state index contributed by atoms with van der Waals surface area (Å²) in [7, 11) is 1.74. The molecule has 2 N–H and O–H groups in total. The summed E-state index contributed by atoms with van der Waals surface area (Å²) < 4.78 is 5.45. The molecule has 3 nitrogen and oxygen atoms in total. The number of hydrogen-bond donors (Lipinski definition) is 2. The van der Waals surface area contributed by atoms with Crippen molar-refractivity contribution in [2.24, 2.45) is 0 Å². The normalized spacial score (nSPS) is 11.1. The van der Waals surface area contributed by atoms with Gasteiger partial charge in [-0.05, 0) is 49.6 Å². The first-order valence-electron chi connectivity index (χ1n) is 7.12. The molecule has 0 amide bonds. The summed E-state index contributed by atoms with van der Waals surface area (Å²) in [6, 6.07) is 4.93. The molecule has 0 aromatic heterocycles. The van der Waals surface area contributed by atoms with Crippen LogP contribution in [0.3, 0.4) is 0 Å². The first-order chi connectivity index (χ1) is 9.04. The lowest BCUT2D eigenvalue weighted by Crippen LogP contribution is -2.32. The van der Waals surface area contributed by atoms with Gasteiger partial charge in [-0.25, -0.2) is 0 Å². The van der Waals surface area contributed by atoms with Gasteiger partial charge < -0.3 is 15.4 Å². The molecular formula is C16H28N2O. The number of ether oxygens (including phenoxy) is 1. The Bertz CT molecular complexity index is 389. The molecule has 0 radical (unpaired) electrons. The molecule has 1 rings (SSSR count). The first-order valence-corrected chi connectivity index (χ1v) is 7.12. The quantitative estimate of drug-likeness (QED) is 0.708. The summed E-state index contributed by atoms with van der Waals surface area (Å²) in [6.07, 6.45) is 1.01. The molecule has 0 unspecified atom stereocenters. The predicted molar refractivity (Wildman–Crippen MR) is 82.2 cm³/mol. The van der Waals surface area contributed by atoms with Crippen LogP contribution in [0.5, 0.6) is 5.75 Å². The average molecular weight is 264 g/mol. The SMILES string of the molecule is COc1cc(C)c(C)cc1CCNCCNC(C)C. The summed E-state index contributed by atoms with van der Waals surface area (Å²) in [6.45, 7) is 11.6. The Kier molecular flexibility index (Phi) is 6.89. The number of hydrogen-bond acceptors (Lipinski definition) is 3. The highest BCUT2D eigenvalue weighted by atomic mass is 16.5. The molecule has 0 aliphatic carbocycles. The van der Waals surface area contributed by atoms with Gasteiger partial charge in [0.05, 0.1) is 7.11 Å². The summed E-state index contributed by atoms with van der Waals surface area (Å²) in [5, 5.41) is 6.85. The topological polar surface area (TPSA) is 33.3 Å². The average Bonchev–Trinajstić information content (AvgIpc) is 2.36. The van der Waals surface area contributed by atoms with Crippen LogP contribution in [-0.2, 0) is 6.42 Å². The Morgan fingerprint density at radius 1 is 1.05 bits per heavy atom. The van der Waals surface area contributed by atoms with Crippen molar-refractivity contribution < 1.29 is 4.74 Å². The van der Waals surface area contributed by atoms with Gasteiger partial charge >= 0.3 is 0 Å². The van der Waals surface area contributed by atoms with E-state index in [1.807, 2.05) is 0 Å². The van der Waals surface area contributed by atoms with Gasteiger partial charge in [0.2, 0.25) is 0 Å². The molecule has 0 bridgehead atoms. The lowest BCUT2D eigenvalue weighted by molar-refractivity contribution is 0.408. The van der Waals surface area contributed by atoms with Crippen LogP contribution in [0, 0.1) is 13.8 Å². The largest absolute Gasteiger partial charge is 0.496 e. The van der Waals surface area contributed by atoms with E-state index in [0.717, 1.165) is 31.8 Å². The van der Waals surface area contributed by atoms with Crippen molar-refractivity contribution in [2.75, 3.05) is 26.7 Å². The molecule has 1 aromatic carbocycles. The third-order valence-corrected chi connectivity index (χ3v) is 3.32. The Labute approximate surface area is 117 Å². The smallest absolute Gasteiger partial charge is 0.122 e. The molecule has 19 heavy (non-hydrogen) atoms. The van der Waals surface area contributed by atoms with E-state index in [1.54, 1.807) is 7.11 Å². The Hall–Kier alpha value is -1.06. The number of nitrogens with one attached hydrogen (secondary N) is 2. The zero-order valence-electron chi connectivity index (χ0n) is 13.0. The highest BCUT2D eigenvalue weighted by molar-refractivity contribution is 5.41. The zero-order valence-corrected chi connectivity index (χ0v) is 13.0. The molecule has 0 fully saturated rings. The van der Waals surface area contributed by atoms with E-state index in [4.69, 9.17) is 4.74 Å². The van der Waals surface area contributed by atoms with Crippen LogP contribution in [0.25, 0.3) is 0 Å². The van der Waals surface area contributed by atoms with Gasteiger partial charge in [-0.3, -0.25) is 0 Å². The fourth-order valence-electron chi connectivity index (χ4n) is 2.03. The maximum absolute atomic E-state index is 5.45. The summed E-state index contributed by atoms with van der Waals surface area (Å²) in [5.74, 6) is 1.00. The maximum Gasteiger partial charge on any atom is 0.122 e. The van der Waals surface area contributed by atoms with E-state index in [2.05, 4.69) is 50.5 Å². The van der Waals surface area contributed by atoms with Crippen LogP contribution in [0.1, 0.15) is 30.5 Å². The Morgan fingerprint density at radius 3 is 2.37 bits per heavy atom. The highest BCUT2D eigenvalue weighted by Gasteiger charge is 2.05. The lowest BCUT2D eigenvalue weighted by Gasteiger charge is -2.13. The summed E-state index contributed by atoms with van der Waals surface area (Å²) in [5.41, 5.74) is 3.90. The van der Waals surface area contributed by atoms with Crippen LogP contribution < -0.4 is 15.4 Å². The Morgan fingerprint density at radius 2 is 1.74 bits per heavy atom. The minimum absolute atomic E-state index is 0.557. The molecular weight excluding hydrogens is 236 g/mol. The molecule has 0 saturated carbocycles. The third kappa shape index (κ3) is 5.62. The van der Waals surface area contributed by atoms with E-state index >= 15 is 0 Å². The second kappa shape index (κ2) is 8.18. The van der Waals surface area contributed by atoms with Crippen molar-refractivity contribution in [1.29, 1.82) is 0 Å². The highest BCUT2D eigenvalue weighted by Crippen LogP contribution is 2.23. The summed E-state index contributed by atoms with van der Waals surface area (Å²) >= 11 is 0. The van der Waals surface area contributed by atoms with E-state index in [-0.39, 0.29) is 0 Å². The molecule has 0 spiro atoms. The van der Waals surface area contributed by atoms with Gasteiger partial charge in [0.15, 0.2) is 0 Å². The fraction of sp³-hybridized carbons (Fsp3) is 0.625. The zero-order chi connectivity index (χ0) is 14.3. The van der Waals surface area contributed by atoms with Crippen LogP contribution in [0.4, 0.5) is 0 Å². The first kappa shape index (κ1) is 16.0. The molecule has 108 valence electrons. The lowest BCUT2D eigenvalue weighted by atomic mass is 10.0. The summed E-state index contributed by atoms with van der Waals surface area (Å²) in [4.78, 5) is 0. The van der Waals surface area contributed by atoms with Gasteiger partial charge in [0.25, 0.3) is 0 Å². The van der Waals surface area contributed by atoms with Crippen molar-refractivity contribution in [3.63, 3.8) is 0 Å². The molecule has 0 heterocycles. The van der Waals surface area contributed by atoms with Crippen molar-refractivity contribution >= 4 is 0 Å². The Balaban J connectivity index is 2.38. The fourth-order valence-corrected chi connectivity index (χ4v) is 2.03. The van der Waals surface area contributed by atoms with Gasteiger partial charge in [-0.1, -0.05) is 19.9 Å². The van der Waals surface area contributed by atoms with Crippen molar-refractivity contribution in [3.05, 3.63) is 28.8 Å². The number of benzene rings is 1. The maximum atomic E-state index is 5.45. The monoisotopic (exact) mass is 264 g/mol. The van der Waals surface area contributed by atoms with E-state index in [9.17, 15) is 0 Å². The van der Waals surface area contributed by atoms with Crippen molar-refractivity contribution in [3.8, 4) is 5.75 Å². The molecule has 0 aliphatic rings. The van der Waals surface area contributed by atoms with Gasteiger partial charge in [-0.15, -0.1) is 0 Å². The minimum Gasteiger partial charge on any atom is -0.496 e. The van der Waals surface area contributed by atoms with Crippen LogP contribution in [0.15, 0.2) is 12.1 Å². The molecule has 0 saturated heterocycles. The van der Waals surface area contributed by atoms with Crippen molar-refractivity contribution in [2.45, 2.75) is 40.2 Å². The van der Waals surface area contributed by atoms with Crippen LogP contribution in [0.2, 0.25) is 0 Å². The predicted octanol–water partition coefficient (Wildman–Crippen LogP) is 2.44. The second-order valence-corrected chi connectivity index (χ2v) is 5.36. The van der Waals surface area contributed by atoms with Crippen LogP contribution in [-0.4, -0.2) is 32.8 Å². The molecule has 0 atom stereocenters. The second-order valence-electron chi connectivity index (χ2n) is 5.36. The van der Waals surface area contributed by atoms with E-state index < -0.39 is 0 Å². The molecule has 0 aliphatic heterocycles. The minimum atomic E-state index is 0.557. The van der Waals surface area contributed by atoms with Gasteiger partial charge in [0, 0.05) is 19.1 Å². The van der Waals surface area contributed by atoms with Gasteiger partial charge in [-0.2, -0.15) is 0 Å². The van der Waals surface area contributed by atoms with Gasteiger partial charge in [0.1, 0.15) is 5.75 Å². The molecule has 3 heteroatoms. The number of rotatable bonds is 8. The number of aryl methyl sites for hydroxylation is 2. The van der Waals surface area contributed by atoms with E-state index in [0.29, 0.717) is 6.04 Å².